The predicted molar refractivity (Wildman–Crippen MR) is 78.4 cm³/mol. The van der Waals surface area contributed by atoms with Crippen molar-refractivity contribution in [2.45, 2.75) is 40.2 Å². The number of hydrogen-bond donors (Lipinski definition) is 3. The maximum absolute atomic E-state index is 4.53. The Labute approximate surface area is 113 Å². The third-order valence-corrected chi connectivity index (χ3v) is 3.19. The minimum Gasteiger partial charge on any atom is -0.365 e. The molecule has 0 radical (unpaired) electrons. The number of hydrogen-bond acceptors (Lipinski definition) is 5. The summed E-state index contributed by atoms with van der Waals surface area (Å²) in [6.07, 6.45) is 2.70. The summed E-state index contributed by atoms with van der Waals surface area (Å²) in [4.78, 5) is 16.2. The first-order valence-corrected chi connectivity index (χ1v) is 6.87. The molecule has 1 unspecified atom stereocenters. The predicted octanol–water partition coefficient (Wildman–Crippen LogP) is 2.63. The summed E-state index contributed by atoms with van der Waals surface area (Å²) in [5.74, 6) is 1.97. The van der Waals surface area contributed by atoms with Crippen molar-refractivity contribution >= 4 is 22.9 Å². The Morgan fingerprint density at radius 1 is 1.26 bits per heavy atom. The molecule has 2 heterocycles. The number of rotatable bonds is 6. The molecule has 0 spiro atoms. The monoisotopic (exact) mass is 262 g/mol. The molecule has 0 saturated heterocycles. The van der Waals surface area contributed by atoms with Gasteiger partial charge in [-0.1, -0.05) is 20.8 Å². The fourth-order valence-electron chi connectivity index (χ4n) is 2.09. The van der Waals surface area contributed by atoms with Gasteiger partial charge in [0.05, 0.1) is 6.33 Å². The van der Waals surface area contributed by atoms with Crippen molar-refractivity contribution in [3.8, 4) is 0 Å². The first kappa shape index (κ1) is 13.6. The van der Waals surface area contributed by atoms with Gasteiger partial charge in [-0.15, -0.1) is 0 Å². The van der Waals surface area contributed by atoms with Crippen LogP contribution in [0, 0.1) is 5.92 Å². The van der Waals surface area contributed by atoms with Gasteiger partial charge in [0, 0.05) is 12.6 Å². The Balaban J connectivity index is 2.36. The topological polar surface area (TPSA) is 78.5 Å². The zero-order valence-electron chi connectivity index (χ0n) is 12.0. The highest BCUT2D eigenvalue weighted by Gasteiger charge is 2.15. The summed E-state index contributed by atoms with van der Waals surface area (Å²) in [5.41, 5.74) is 1.55. The lowest BCUT2D eigenvalue weighted by Gasteiger charge is -2.21. The van der Waals surface area contributed by atoms with Crippen molar-refractivity contribution < 1.29 is 0 Å². The molecule has 0 aromatic carbocycles. The van der Waals surface area contributed by atoms with E-state index in [1.807, 2.05) is 6.92 Å². The van der Waals surface area contributed by atoms with E-state index in [0.29, 0.717) is 23.6 Å². The van der Waals surface area contributed by atoms with Gasteiger partial charge in [-0.25, -0.2) is 4.98 Å². The van der Waals surface area contributed by atoms with E-state index in [4.69, 9.17) is 0 Å². The smallest absolute Gasteiger partial charge is 0.226 e. The first-order valence-electron chi connectivity index (χ1n) is 6.87. The maximum Gasteiger partial charge on any atom is 0.226 e. The van der Waals surface area contributed by atoms with Gasteiger partial charge in [-0.2, -0.15) is 9.97 Å². The van der Waals surface area contributed by atoms with Crippen LogP contribution in [0.2, 0.25) is 0 Å². The molecular weight excluding hydrogens is 240 g/mol. The van der Waals surface area contributed by atoms with Crippen LogP contribution >= 0.6 is 0 Å². The molecule has 19 heavy (non-hydrogen) atoms. The molecule has 2 aromatic rings. The van der Waals surface area contributed by atoms with Gasteiger partial charge in [-0.05, 0) is 19.3 Å². The van der Waals surface area contributed by atoms with Gasteiger partial charge in [-0.3, -0.25) is 0 Å². The molecule has 0 aliphatic rings. The zero-order valence-corrected chi connectivity index (χ0v) is 12.0. The lowest BCUT2D eigenvalue weighted by molar-refractivity contribution is 0.510. The Morgan fingerprint density at radius 2 is 2.05 bits per heavy atom. The van der Waals surface area contributed by atoms with Crippen LogP contribution in [0.25, 0.3) is 11.2 Å². The third-order valence-electron chi connectivity index (χ3n) is 3.19. The van der Waals surface area contributed by atoms with Crippen molar-refractivity contribution in [1.82, 2.24) is 19.9 Å². The standard InChI is InChI=1S/C13H22N6/c1-5-9(8(3)4)17-12-10-11(16-7-15-10)18-13(19-12)14-6-2/h7-9H,5-6H2,1-4H3,(H3,14,15,16,17,18,19). The molecule has 6 nitrogen and oxygen atoms in total. The van der Waals surface area contributed by atoms with Crippen LogP contribution in [-0.2, 0) is 0 Å². The summed E-state index contributed by atoms with van der Waals surface area (Å²) in [6.45, 7) is 9.40. The maximum atomic E-state index is 4.53. The second kappa shape index (κ2) is 5.86. The van der Waals surface area contributed by atoms with Crippen molar-refractivity contribution in [3.63, 3.8) is 0 Å². The molecule has 0 saturated carbocycles. The van der Waals surface area contributed by atoms with E-state index < -0.39 is 0 Å². The van der Waals surface area contributed by atoms with Crippen molar-refractivity contribution in [3.05, 3.63) is 6.33 Å². The van der Waals surface area contributed by atoms with E-state index in [2.05, 4.69) is 51.3 Å². The second-order valence-electron chi connectivity index (χ2n) is 4.93. The molecule has 0 aliphatic carbocycles. The van der Waals surface area contributed by atoms with E-state index in [1.165, 1.54) is 0 Å². The Hall–Kier alpha value is -1.85. The highest BCUT2D eigenvalue weighted by atomic mass is 15.2. The number of anilines is 2. The van der Waals surface area contributed by atoms with Crippen LogP contribution in [0.1, 0.15) is 34.1 Å². The second-order valence-corrected chi connectivity index (χ2v) is 4.93. The van der Waals surface area contributed by atoms with Gasteiger partial charge in [0.25, 0.3) is 0 Å². The zero-order chi connectivity index (χ0) is 13.8. The fraction of sp³-hybridized carbons (Fsp3) is 0.615. The van der Waals surface area contributed by atoms with Crippen molar-refractivity contribution in [2.24, 2.45) is 5.92 Å². The van der Waals surface area contributed by atoms with E-state index in [1.54, 1.807) is 6.33 Å². The summed E-state index contributed by atoms with van der Waals surface area (Å²) in [7, 11) is 0. The Morgan fingerprint density at radius 3 is 2.68 bits per heavy atom. The molecule has 6 heteroatoms. The molecule has 1 atom stereocenters. The van der Waals surface area contributed by atoms with Gasteiger partial charge in [0.15, 0.2) is 11.5 Å². The van der Waals surface area contributed by atoms with Crippen LogP contribution in [0.5, 0.6) is 0 Å². The summed E-state index contributed by atoms with van der Waals surface area (Å²) in [6, 6.07) is 0.385. The number of nitrogens with one attached hydrogen (secondary N) is 3. The Bertz CT molecular complexity index is 533. The highest BCUT2D eigenvalue weighted by Crippen LogP contribution is 2.21. The first-order chi connectivity index (χ1) is 9.15. The van der Waals surface area contributed by atoms with E-state index in [9.17, 15) is 0 Å². The quantitative estimate of drug-likeness (QED) is 0.746. The number of imidazole rings is 1. The van der Waals surface area contributed by atoms with Gasteiger partial charge < -0.3 is 15.6 Å². The van der Waals surface area contributed by atoms with E-state index in [0.717, 1.165) is 24.3 Å². The summed E-state index contributed by atoms with van der Waals surface area (Å²) in [5, 5.41) is 6.63. The minimum absolute atomic E-state index is 0.385. The molecule has 2 rings (SSSR count). The lowest BCUT2D eigenvalue weighted by atomic mass is 10.0. The number of aromatic amines is 1. The summed E-state index contributed by atoms with van der Waals surface area (Å²) < 4.78 is 0. The van der Waals surface area contributed by atoms with Crippen LogP contribution in [0.4, 0.5) is 11.8 Å². The number of H-pyrrole nitrogens is 1. The molecule has 3 N–H and O–H groups in total. The van der Waals surface area contributed by atoms with E-state index >= 15 is 0 Å². The lowest BCUT2D eigenvalue weighted by Crippen LogP contribution is -2.25. The van der Waals surface area contributed by atoms with Crippen LogP contribution in [0.3, 0.4) is 0 Å². The van der Waals surface area contributed by atoms with Gasteiger partial charge >= 0.3 is 0 Å². The molecular formula is C13H22N6. The number of fused-ring (bicyclic) bond motifs is 1. The number of nitrogens with zero attached hydrogens (tertiary/aromatic N) is 3. The van der Waals surface area contributed by atoms with Gasteiger partial charge in [0.2, 0.25) is 5.95 Å². The van der Waals surface area contributed by atoms with Crippen molar-refractivity contribution in [1.29, 1.82) is 0 Å². The van der Waals surface area contributed by atoms with Crippen LogP contribution in [-0.4, -0.2) is 32.5 Å². The Kier molecular flexibility index (Phi) is 4.19. The number of aromatic nitrogens is 4. The average Bonchev–Trinajstić information content (AvgIpc) is 2.84. The molecule has 0 fully saturated rings. The molecule has 0 aliphatic heterocycles. The largest absolute Gasteiger partial charge is 0.365 e. The molecule has 104 valence electrons. The molecule has 0 bridgehead atoms. The SMILES string of the molecule is CCNc1nc(NC(CC)C(C)C)c2[nH]cnc2n1. The van der Waals surface area contributed by atoms with E-state index in [-0.39, 0.29) is 0 Å². The van der Waals surface area contributed by atoms with Crippen LogP contribution in [0.15, 0.2) is 6.33 Å². The summed E-state index contributed by atoms with van der Waals surface area (Å²) >= 11 is 0. The average molecular weight is 262 g/mol. The molecule has 2 aromatic heterocycles. The van der Waals surface area contributed by atoms with Crippen molar-refractivity contribution in [2.75, 3.05) is 17.2 Å². The fourth-order valence-corrected chi connectivity index (χ4v) is 2.09. The van der Waals surface area contributed by atoms with Gasteiger partial charge in [0.1, 0.15) is 5.52 Å². The van der Waals surface area contributed by atoms with Crippen LogP contribution < -0.4 is 10.6 Å². The minimum atomic E-state index is 0.385. The third kappa shape index (κ3) is 2.94. The normalized spacial score (nSPS) is 12.9. The highest BCUT2D eigenvalue weighted by molar-refractivity contribution is 5.83. The molecule has 0 amide bonds.